The number of rotatable bonds is 1. The summed E-state index contributed by atoms with van der Waals surface area (Å²) in [5, 5.41) is 1.16. The molecule has 20 heavy (non-hydrogen) atoms. The first kappa shape index (κ1) is 11.2. The SMILES string of the molecule is O=C1C=C(c2c[nH]c3ccccc23)c2ccccc2C1. The molecule has 1 N–H and O–H groups in total. The maximum Gasteiger partial charge on any atom is 0.160 e. The molecule has 0 aliphatic heterocycles. The Morgan fingerprint density at radius 1 is 0.900 bits per heavy atom. The van der Waals surface area contributed by atoms with Gasteiger partial charge in [-0.1, -0.05) is 42.5 Å². The summed E-state index contributed by atoms with van der Waals surface area (Å²) in [7, 11) is 0. The van der Waals surface area contributed by atoms with Gasteiger partial charge in [-0.15, -0.1) is 0 Å². The van der Waals surface area contributed by atoms with Gasteiger partial charge < -0.3 is 4.98 Å². The Balaban J connectivity index is 1.99. The Kier molecular flexibility index (Phi) is 2.36. The number of hydrogen-bond donors (Lipinski definition) is 1. The molecule has 0 radical (unpaired) electrons. The molecule has 0 saturated carbocycles. The van der Waals surface area contributed by atoms with Crippen LogP contribution < -0.4 is 0 Å². The van der Waals surface area contributed by atoms with Crippen molar-refractivity contribution >= 4 is 22.3 Å². The molecule has 3 aromatic rings. The van der Waals surface area contributed by atoms with Crippen molar-refractivity contribution in [2.24, 2.45) is 0 Å². The van der Waals surface area contributed by atoms with Crippen molar-refractivity contribution in [2.75, 3.05) is 0 Å². The topological polar surface area (TPSA) is 32.9 Å². The van der Waals surface area contributed by atoms with Gasteiger partial charge in [-0.2, -0.15) is 0 Å². The van der Waals surface area contributed by atoms with E-state index < -0.39 is 0 Å². The summed E-state index contributed by atoms with van der Waals surface area (Å²) in [6.45, 7) is 0. The molecule has 2 heteroatoms. The molecule has 0 bridgehead atoms. The number of aromatic nitrogens is 1. The highest BCUT2D eigenvalue weighted by molar-refractivity contribution is 6.09. The zero-order chi connectivity index (χ0) is 13.5. The molecule has 2 nitrogen and oxygen atoms in total. The van der Waals surface area contributed by atoms with E-state index in [1.54, 1.807) is 6.08 Å². The second kappa shape index (κ2) is 4.20. The van der Waals surface area contributed by atoms with E-state index in [2.05, 4.69) is 23.2 Å². The van der Waals surface area contributed by atoms with E-state index in [9.17, 15) is 4.79 Å². The number of ketones is 1. The number of benzene rings is 2. The zero-order valence-corrected chi connectivity index (χ0v) is 10.9. The van der Waals surface area contributed by atoms with Crippen LogP contribution in [0.15, 0.2) is 60.8 Å². The summed E-state index contributed by atoms with van der Waals surface area (Å²) in [6.07, 6.45) is 4.27. The molecule has 0 saturated heterocycles. The van der Waals surface area contributed by atoms with Gasteiger partial charge in [-0.05, 0) is 28.8 Å². The molecule has 0 fully saturated rings. The van der Waals surface area contributed by atoms with Gasteiger partial charge in [0.2, 0.25) is 0 Å². The molecule has 96 valence electrons. The number of allylic oxidation sites excluding steroid dienone is 1. The average Bonchev–Trinajstić information content (AvgIpc) is 2.90. The van der Waals surface area contributed by atoms with E-state index in [4.69, 9.17) is 0 Å². The van der Waals surface area contributed by atoms with Gasteiger partial charge in [0.25, 0.3) is 0 Å². The standard InChI is InChI=1S/C18H13NO/c20-13-9-12-5-1-2-6-14(12)16(10-13)17-11-19-18-8-4-3-7-15(17)18/h1-8,10-11,19H,9H2. The predicted molar refractivity (Wildman–Crippen MR) is 80.5 cm³/mol. The molecule has 1 heterocycles. The lowest BCUT2D eigenvalue weighted by molar-refractivity contribution is -0.114. The Morgan fingerprint density at radius 2 is 1.70 bits per heavy atom. The smallest absolute Gasteiger partial charge is 0.160 e. The van der Waals surface area contributed by atoms with Crippen LogP contribution >= 0.6 is 0 Å². The van der Waals surface area contributed by atoms with E-state index in [0.29, 0.717) is 6.42 Å². The third-order valence-corrected chi connectivity index (χ3v) is 3.86. The minimum Gasteiger partial charge on any atom is -0.361 e. The number of hydrogen-bond acceptors (Lipinski definition) is 1. The van der Waals surface area contributed by atoms with Crippen LogP contribution in [-0.4, -0.2) is 10.8 Å². The van der Waals surface area contributed by atoms with Gasteiger partial charge in [0.1, 0.15) is 0 Å². The number of para-hydroxylation sites is 1. The molecule has 0 spiro atoms. The summed E-state index contributed by atoms with van der Waals surface area (Å²) < 4.78 is 0. The van der Waals surface area contributed by atoms with E-state index in [1.807, 2.05) is 36.5 Å². The summed E-state index contributed by atoms with van der Waals surface area (Å²) in [6, 6.07) is 16.3. The van der Waals surface area contributed by atoms with Crippen LogP contribution in [0, 0.1) is 0 Å². The van der Waals surface area contributed by atoms with Gasteiger partial charge in [0.05, 0.1) is 0 Å². The van der Waals surface area contributed by atoms with Crippen LogP contribution in [0.3, 0.4) is 0 Å². The molecule has 0 unspecified atom stereocenters. The first-order valence-electron chi connectivity index (χ1n) is 6.72. The van der Waals surface area contributed by atoms with Gasteiger partial charge in [-0.25, -0.2) is 0 Å². The molecule has 2 aromatic carbocycles. The third-order valence-electron chi connectivity index (χ3n) is 3.86. The lowest BCUT2D eigenvalue weighted by atomic mass is 9.86. The minimum absolute atomic E-state index is 0.170. The number of carbonyl (C=O) groups is 1. The zero-order valence-electron chi connectivity index (χ0n) is 10.9. The van der Waals surface area contributed by atoms with Crippen LogP contribution in [0.5, 0.6) is 0 Å². The van der Waals surface area contributed by atoms with E-state index in [-0.39, 0.29) is 5.78 Å². The van der Waals surface area contributed by atoms with Crippen molar-refractivity contribution in [3.63, 3.8) is 0 Å². The third kappa shape index (κ3) is 1.62. The van der Waals surface area contributed by atoms with Crippen LogP contribution in [0.4, 0.5) is 0 Å². The fourth-order valence-corrected chi connectivity index (χ4v) is 2.93. The molecule has 0 atom stereocenters. The first-order chi connectivity index (χ1) is 9.83. The van der Waals surface area contributed by atoms with Crippen LogP contribution in [0.25, 0.3) is 16.5 Å². The molecule has 1 aliphatic carbocycles. The van der Waals surface area contributed by atoms with E-state index in [0.717, 1.165) is 33.2 Å². The number of fused-ring (bicyclic) bond motifs is 2. The van der Waals surface area contributed by atoms with Gasteiger partial charge >= 0.3 is 0 Å². The lowest BCUT2D eigenvalue weighted by Gasteiger charge is -2.16. The lowest BCUT2D eigenvalue weighted by Crippen LogP contribution is -2.09. The number of aromatic amines is 1. The normalized spacial score (nSPS) is 14.2. The van der Waals surface area contributed by atoms with Gasteiger partial charge in [-0.3, -0.25) is 4.79 Å². The van der Waals surface area contributed by atoms with Crippen molar-refractivity contribution in [3.8, 4) is 0 Å². The Morgan fingerprint density at radius 3 is 2.65 bits per heavy atom. The Hall–Kier alpha value is -2.61. The molecule has 1 aromatic heterocycles. The molecular weight excluding hydrogens is 246 g/mol. The maximum absolute atomic E-state index is 12.0. The van der Waals surface area contributed by atoms with Gasteiger partial charge in [0.15, 0.2) is 5.78 Å². The largest absolute Gasteiger partial charge is 0.361 e. The van der Waals surface area contributed by atoms with E-state index >= 15 is 0 Å². The van der Waals surface area contributed by atoms with Gasteiger partial charge in [0, 0.05) is 29.1 Å². The van der Waals surface area contributed by atoms with Crippen molar-refractivity contribution in [1.29, 1.82) is 0 Å². The number of nitrogens with one attached hydrogen (secondary N) is 1. The summed E-state index contributed by atoms with van der Waals surface area (Å²) in [4.78, 5) is 15.3. The monoisotopic (exact) mass is 259 g/mol. The second-order valence-corrected chi connectivity index (χ2v) is 5.11. The second-order valence-electron chi connectivity index (χ2n) is 5.11. The van der Waals surface area contributed by atoms with E-state index in [1.165, 1.54) is 0 Å². The summed E-state index contributed by atoms with van der Waals surface area (Å²) in [5.74, 6) is 0.170. The Bertz CT molecular complexity index is 854. The highest BCUT2D eigenvalue weighted by Crippen LogP contribution is 2.34. The highest BCUT2D eigenvalue weighted by atomic mass is 16.1. The fraction of sp³-hybridized carbons (Fsp3) is 0.0556. The summed E-state index contributed by atoms with van der Waals surface area (Å²) in [5.41, 5.74) is 5.49. The van der Waals surface area contributed by atoms with Crippen molar-refractivity contribution in [2.45, 2.75) is 6.42 Å². The van der Waals surface area contributed by atoms with Crippen molar-refractivity contribution in [1.82, 2.24) is 4.98 Å². The molecule has 4 rings (SSSR count). The summed E-state index contributed by atoms with van der Waals surface area (Å²) >= 11 is 0. The fourth-order valence-electron chi connectivity index (χ4n) is 2.93. The van der Waals surface area contributed by atoms with Crippen LogP contribution in [-0.2, 0) is 11.2 Å². The predicted octanol–water partition coefficient (Wildman–Crippen LogP) is 3.72. The first-order valence-corrected chi connectivity index (χ1v) is 6.72. The molecular formula is C18H13NO. The highest BCUT2D eigenvalue weighted by Gasteiger charge is 2.19. The van der Waals surface area contributed by atoms with Crippen molar-refractivity contribution < 1.29 is 4.79 Å². The van der Waals surface area contributed by atoms with Crippen LogP contribution in [0.2, 0.25) is 0 Å². The van der Waals surface area contributed by atoms with Crippen LogP contribution in [0.1, 0.15) is 16.7 Å². The van der Waals surface area contributed by atoms with Crippen molar-refractivity contribution in [3.05, 3.63) is 77.5 Å². The minimum atomic E-state index is 0.170. The Labute approximate surface area is 116 Å². The number of carbonyl (C=O) groups excluding carboxylic acids is 1. The average molecular weight is 259 g/mol. The molecule has 1 aliphatic rings. The maximum atomic E-state index is 12.0. The number of H-pyrrole nitrogens is 1. The molecule has 0 amide bonds. The quantitative estimate of drug-likeness (QED) is 0.709.